The van der Waals surface area contributed by atoms with Gasteiger partial charge in [-0.05, 0) is 40.2 Å². The summed E-state index contributed by atoms with van der Waals surface area (Å²) in [4.78, 5) is 16.6. The third kappa shape index (κ3) is 3.17. The van der Waals surface area contributed by atoms with Crippen LogP contribution in [-0.4, -0.2) is 25.0 Å². The average Bonchev–Trinajstić information content (AvgIpc) is 2.48. The zero-order valence-electron chi connectivity index (χ0n) is 11.2. The molecule has 1 heterocycles. The zero-order valence-corrected chi connectivity index (χ0v) is 12.8. The predicted octanol–water partition coefficient (Wildman–Crippen LogP) is 3.29. The fourth-order valence-electron chi connectivity index (χ4n) is 1.88. The highest BCUT2D eigenvalue weighted by Gasteiger charge is 2.16. The molecule has 1 aromatic heterocycles. The lowest BCUT2D eigenvalue weighted by Gasteiger charge is -2.11. The number of ketones is 1. The molecule has 0 atom stereocenters. The monoisotopic (exact) mass is 335 g/mol. The van der Waals surface area contributed by atoms with Gasteiger partial charge in [0.25, 0.3) is 0 Å². The SMILES string of the molecule is COc1cccc(C(=O)Cc2ccc(Br)cn2)c1OC. The molecule has 0 saturated heterocycles. The van der Waals surface area contributed by atoms with Crippen molar-refractivity contribution in [3.8, 4) is 11.5 Å². The van der Waals surface area contributed by atoms with Gasteiger partial charge in [0.1, 0.15) is 0 Å². The van der Waals surface area contributed by atoms with E-state index >= 15 is 0 Å². The van der Waals surface area contributed by atoms with Crippen LogP contribution in [0.3, 0.4) is 0 Å². The summed E-state index contributed by atoms with van der Waals surface area (Å²) in [6.07, 6.45) is 1.89. The summed E-state index contributed by atoms with van der Waals surface area (Å²) in [6, 6.07) is 8.92. The summed E-state index contributed by atoms with van der Waals surface area (Å²) in [5.41, 5.74) is 1.21. The Labute approximate surface area is 125 Å². The standard InChI is InChI=1S/C15H14BrNO3/c1-19-14-5-3-4-12(15(14)20-2)13(18)8-11-7-6-10(16)9-17-11/h3-7,9H,8H2,1-2H3. The van der Waals surface area contributed by atoms with Gasteiger partial charge in [-0.2, -0.15) is 0 Å². The van der Waals surface area contributed by atoms with Gasteiger partial charge in [0.15, 0.2) is 17.3 Å². The molecule has 0 unspecified atom stereocenters. The zero-order chi connectivity index (χ0) is 14.5. The lowest BCUT2D eigenvalue weighted by molar-refractivity contribution is 0.0988. The van der Waals surface area contributed by atoms with E-state index in [1.54, 1.807) is 31.5 Å². The highest BCUT2D eigenvalue weighted by atomic mass is 79.9. The lowest BCUT2D eigenvalue weighted by Crippen LogP contribution is -2.07. The minimum atomic E-state index is -0.0597. The number of aromatic nitrogens is 1. The molecule has 4 nitrogen and oxygen atoms in total. The van der Waals surface area contributed by atoms with Gasteiger partial charge in [-0.3, -0.25) is 9.78 Å². The van der Waals surface area contributed by atoms with E-state index in [1.165, 1.54) is 7.11 Å². The Kier molecular flexibility index (Phi) is 4.74. The van der Waals surface area contributed by atoms with Gasteiger partial charge in [0.2, 0.25) is 0 Å². The van der Waals surface area contributed by atoms with Crippen molar-refractivity contribution in [3.05, 3.63) is 52.3 Å². The Morgan fingerprint density at radius 3 is 2.60 bits per heavy atom. The quantitative estimate of drug-likeness (QED) is 0.786. The van der Waals surface area contributed by atoms with Crippen molar-refractivity contribution in [3.63, 3.8) is 0 Å². The minimum Gasteiger partial charge on any atom is -0.493 e. The molecule has 0 aliphatic heterocycles. The first-order chi connectivity index (χ1) is 9.65. The first kappa shape index (κ1) is 14.5. The Morgan fingerprint density at radius 1 is 1.20 bits per heavy atom. The maximum atomic E-state index is 12.4. The van der Waals surface area contributed by atoms with Crippen LogP contribution in [0.25, 0.3) is 0 Å². The number of hydrogen-bond donors (Lipinski definition) is 0. The Bertz CT molecular complexity index is 611. The van der Waals surface area contributed by atoms with Crippen molar-refractivity contribution in [1.82, 2.24) is 4.98 Å². The van der Waals surface area contributed by atoms with Crippen LogP contribution >= 0.6 is 15.9 Å². The third-order valence-corrected chi connectivity index (χ3v) is 3.30. The van der Waals surface area contributed by atoms with Crippen molar-refractivity contribution in [2.24, 2.45) is 0 Å². The number of carbonyl (C=O) groups excluding carboxylic acids is 1. The Balaban J connectivity index is 2.27. The molecule has 2 aromatic rings. The number of benzene rings is 1. The molecule has 0 spiro atoms. The van der Waals surface area contributed by atoms with E-state index in [-0.39, 0.29) is 12.2 Å². The second kappa shape index (κ2) is 6.52. The van der Waals surface area contributed by atoms with Crippen LogP contribution in [0.5, 0.6) is 11.5 Å². The fourth-order valence-corrected chi connectivity index (χ4v) is 2.11. The molecule has 0 bridgehead atoms. The van der Waals surface area contributed by atoms with Gasteiger partial charge in [0, 0.05) is 16.4 Å². The molecule has 2 rings (SSSR count). The van der Waals surface area contributed by atoms with Gasteiger partial charge in [0.05, 0.1) is 26.2 Å². The maximum absolute atomic E-state index is 12.4. The Hall–Kier alpha value is -1.88. The van der Waals surface area contributed by atoms with Crippen molar-refractivity contribution in [2.75, 3.05) is 14.2 Å². The number of carbonyl (C=O) groups is 1. The molecule has 5 heteroatoms. The highest BCUT2D eigenvalue weighted by Crippen LogP contribution is 2.31. The number of halogens is 1. The molecule has 0 aliphatic carbocycles. The van der Waals surface area contributed by atoms with E-state index in [0.717, 1.165) is 4.47 Å². The highest BCUT2D eigenvalue weighted by molar-refractivity contribution is 9.10. The van der Waals surface area contributed by atoms with Gasteiger partial charge in [-0.1, -0.05) is 6.07 Å². The van der Waals surface area contributed by atoms with E-state index in [9.17, 15) is 4.79 Å². The molecule has 0 fully saturated rings. The molecule has 0 amide bonds. The summed E-state index contributed by atoms with van der Waals surface area (Å²) in [6.45, 7) is 0. The second-order valence-electron chi connectivity index (χ2n) is 4.11. The molecule has 0 N–H and O–H groups in total. The average molecular weight is 336 g/mol. The molecule has 20 heavy (non-hydrogen) atoms. The van der Waals surface area contributed by atoms with Crippen molar-refractivity contribution in [1.29, 1.82) is 0 Å². The van der Waals surface area contributed by atoms with Crippen LogP contribution in [0.2, 0.25) is 0 Å². The summed E-state index contributed by atoms with van der Waals surface area (Å²) in [5, 5.41) is 0. The van der Waals surface area contributed by atoms with Crippen LogP contribution in [0.15, 0.2) is 41.0 Å². The van der Waals surface area contributed by atoms with Crippen LogP contribution in [0.4, 0.5) is 0 Å². The fraction of sp³-hybridized carbons (Fsp3) is 0.200. The largest absolute Gasteiger partial charge is 0.493 e. The molecule has 0 radical (unpaired) electrons. The maximum Gasteiger partial charge on any atom is 0.172 e. The first-order valence-corrected chi connectivity index (χ1v) is 6.79. The van der Waals surface area contributed by atoms with E-state index < -0.39 is 0 Å². The smallest absolute Gasteiger partial charge is 0.172 e. The topological polar surface area (TPSA) is 48.4 Å². The first-order valence-electron chi connectivity index (χ1n) is 6.00. The van der Waals surface area contributed by atoms with Crippen LogP contribution in [0, 0.1) is 0 Å². The van der Waals surface area contributed by atoms with Crippen LogP contribution in [0.1, 0.15) is 16.1 Å². The van der Waals surface area contributed by atoms with Gasteiger partial charge in [-0.15, -0.1) is 0 Å². The van der Waals surface area contributed by atoms with E-state index in [1.807, 2.05) is 12.1 Å². The third-order valence-electron chi connectivity index (χ3n) is 2.83. The number of methoxy groups -OCH3 is 2. The summed E-state index contributed by atoms with van der Waals surface area (Å²) < 4.78 is 11.3. The summed E-state index contributed by atoms with van der Waals surface area (Å²) >= 11 is 3.31. The molecular formula is C15H14BrNO3. The van der Waals surface area contributed by atoms with E-state index in [0.29, 0.717) is 22.8 Å². The van der Waals surface area contributed by atoms with Crippen LogP contribution < -0.4 is 9.47 Å². The number of ether oxygens (including phenoxy) is 2. The number of rotatable bonds is 5. The number of nitrogens with zero attached hydrogens (tertiary/aromatic N) is 1. The van der Waals surface area contributed by atoms with Gasteiger partial charge in [-0.25, -0.2) is 0 Å². The van der Waals surface area contributed by atoms with Gasteiger partial charge < -0.3 is 9.47 Å². The predicted molar refractivity (Wildman–Crippen MR) is 79.5 cm³/mol. The summed E-state index contributed by atoms with van der Waals surface area (Å²) in [7, 11) is 3.06. The number of hydrogen-bond acceptors (Lipinski definition) is 4. The number of para-hydroxylation sites is 1. The van der Waals surface area contributed by atoms with Crippen molar-refractivity contribution >= 4 is 21.7 Å². The second-order valence-corrected chi connectivity index (χ2v) is 5.02. The number of Topliss-reactive ketones (excluding diaryl/α,β-unsaturated/α-hetero) is 1. The number of pyridine rings is 1. The Morgan fingerprint density at radius 2 is 2.00 bits per heavy atom. The molecule has 1 aromatic carbocycles. The molecule has 104 valence electrons. The summed E-state index contributed by atoms with van der Waals surface area (Å²) in [5.74, 6) is 0.940. The minimum absolute atomic E-state index is 0.0597. The van der Waals surface area contributed by atoms with E-state index in [2.05, 4.69) is 20.9 Å². The molecular weight excluding hydrogens is 322 g/mol. The van der Waals surface area contributed by atoms with Crippen molar-refractivity contribution in [2.45, 2.75) is 6.42 Å². The normalized spacial score (nSPS) is 10.2. The molecule has 0 saturated carbocycles. The lowest BCUT2D eigenvalue weighted by atomic mass is 10.0. The van der Waals surface area contributed by atoms with Crippen molar-refractivity contribution < 1.29 is 14.3 Å². The van der Waals surface area contributed by atoms with E-state index in [4.69, 9.17) is 9.47 Å². The molecule has 0 aliphatic rings. The van der Waals surface area contributed by atoms with Crippen LogP contribution in [-0.2, 0) is 6.42 Å². The van der Waals surface area contributed by atoms with Gasteiger partial charge >= 0.3 is 0 Å².